The van der Waals surface area contributed by atoms with Gasteiger partial charge in [-0.1, -0.05) is 5.16 Å². The topological polar surface area (TPSA) is 59.2 Å². The summed E-state index contributed by atoms with van der Waals surface area (Å²) < 4.78 is 44.1. The standard InChI is InChI=1S/C14H7F3N2O2/c15-8-2-4-12(20)9(6-8)14-18-13(19-21-14)7-1-3-10(16)11(17)5-7/h1-6,20H. The molecule has 0 aliphatic carbocycles. The van der Waals surface area contributed by atoms with E-state index in [-0.39, 0.29) is 28.6 Å². The number of phenolic OH excluding ortho intramolecular Hbond substituents is 1. The average Bonchev–Trinajstić information content (AvgIpc) is 2.94. The minimum atomic E-state index is -1.05. The predicted molar refractivity (Wildman–Crippen MR) is 66.7 cm³/mol. The van der Waals surface area contributed by atoms with E-state index in [1.54, 1.807) is 0 Å². The molecule has 0 bridgehead atoms. The Morgan fingerprint density at radius 3 is 2.52 bits per heavy atom. The molecule has 3 aromatic rings. The van der Waals surface area contributed by atoms with Crippen molar-refractivity contribution in [1.82, 2.24) is 10.1 Å². The molecule has 0 aliphatic heterocycles. The molecule has 21 heavy (non-hydrogen) atoms. The maximum absolute atomic E-state index is 13.2. The molecular formula is C14H7F3N2O2. The fourth-order valence-electron chi connectivity index (χ4n) is 1.76. The summed E-state index contributed by atoms with van der Waals surface area (Å²) in [5.41, 5.74) is 0.205. The smallest absolute Gasteiger partial charge is 0.262 e. The second-order valence-electron chi connectivity index (χ2n) is 4.21. The molecule has 0 amide bonds. The van der Waals surface area contributed by atoms with Gasteiger partial charge in [0.05, 0.1) is 5.56 Å². The first-order valence-corrected chi connectivity index (χ1v) is 5.82. The molecule has 3 rings (SSSR count). The van der Waals surface area contributed by atoms with Gasteiger partial charge in [0.2, 0.25) is 5.82 Å². The van der Waals surface area contributed by atoms with Crippen LogP contribution in [0.15, 0.2) is 40.9 Å². The summed E-state index contributed by atoms with van der Waals surface area (Å²) in [5, 5.41) is 13.2. The monoisotopic (exact) mass is 292 g/mol. The molecular weight excluding hydrogens is 285 g/mol. The zero-order valence-electron chi connectivity index (χ0n) is 10.3. The molecule has 4 nitrogen and oxygen atoms in total. The summed E-state index contributed by atoms with van der Waals surface area (Å²) in [7, 11) is 0. The fourth-order valence-corrected chi connectivity index (χ4v) is 1.76. The third-order valence-electron chi connectivity index (χ3n) is 2.79. The maximum Gasteiger partial charge on any atom is 0.262 e. The van der Waals surface area contributed by atoms with Crippen LogP contribution in [-0.2, 0) is 0 Å². The Balaban J connectivity index is 2.03. The lowest BCUT2D eigenvalue weighted by molar-refractivity contribution is 0.425. The minimum absolute atomic E-state index is 0.00689. The molecule has 0 aliphatic rings. The third-order valence-corrected chi connectivity index (χ3v) is 2.79. The molecule has 0 saturated carbocycles. The summed E-state index contributed by atoms with van der Waals surface area (Å²) >= 11 is 0. The Kier molecular flexibility index (Phi) is 3.09. The summed E-state index contributed by atoms with van der Waals surface area (Å²) in [4.78, 5) is 3.93. The first-order chi connectivity index (χ1) is 10.0. The Bertz CT molecular complexity index is 818. The van der Waals surface area contributed by atoms with Gasteiger partial charge in [-0.25, -0.2) is 13.2 Å². The van der Waals surface area contributed by atoms with E-state index in [0.717, 1.165) is 30.3 Å². The number of benzene rings is 2. The van der Waals surface area contributed by atoms with E-state index in [0.29, 0.717) is 0 Å². The lowest BCUT2D eigenvalue weighted by Crippen LogP contribution is -1.87. The van der Waals surface area contributed by atoms with Gasteiger partial charge >= 0.3 is 0 Å². The third kappa shape index (κ3) is 2.45. The van der Waals surface area contributed by atoms with Crippen molar-refractivity contribution in [3.8, 4) is 28.6 Å². The number of hydrogen-bond donors (Lipinski definition) is 1. The number of aromatic hydroxyl groups is 1. The van der Waals surface area contributed by atoms with Crippen molar-refractivity contribution in [2.45, 2.75) is 0 Å². The van der Waals surface area contributed by atoms with Crippen LogP contribution in [0.5, 0.6) is 5.75 Å². The van der Waals surface area contributed by atoms with Crippen LogP contribution in [0.4, 0.5) is 13.2 Å². The molecule has 0 radical (unpaired) electrons. The van der Waals surface area contributed by atoms with E-state index in [4.69, 9.17) is 4.52 Å². The molecule has 7 heteroatoms. The van der Waals surface area contributed by atoms with E-state index in [1.165, 1.54) is 6.07 Å². The normalized spacial score (nSPS) is 10.8. The number of nitrogens with zero attached hydrogens (tertiary/aromatic N) is 2. The van der Waals surface area contributed by atoms with Crippen molar-refractivity contribution in [1.29, 1.82) is 0 Å². The van der Waals surface area contributed by atoms with Gasteiger partial charge in [0.1, 0.15) is 11.6 Å². The average molecular weight is 292 g/mol. The Morgan fingerprint density at radius 1 is 0.952 bits per heavy atom. The number of phenols is 1. The summed E-state index contributed by atoms with van der Waals surface area (Å²) in [6, 6.07) is 6.36. The SMILES string of the molecule is Oc1ccc(F)cc1-c1nc(-c2ccc(F)c(F)c2)no1. The zero-order valence-corrected chi connectivity index (χ0v) is 10.3. The van der Waals surface area contributed by atoms with Crippen molar-refractivity contribution in [2.75, 3.05) is 0 Å². The molecule has 0 atom stereocenters. The van der Waals surface area contributed by atoms with Gasteiger partial charge in [0.15, 0.2) is 11.6 Å². The second kappa shape index (κ2) is 4.93. The number of aromatic nitrogens is 2. The quantitative estimate of drug-likeness (QED) is 0.785. The first-order valence-electron chi connectivity index (χ1n) is 5.82. The van der Waals surface area contributed by atoms with Crippen LogP contribution in [0.2, 0.25) is 0 Å². The minimum Gasteiger partial charge on any atom is -0.507 e. The molecule has 0 spiro atoms. The molecule has 2 aromatic carbocycles. The van der Waals surface area contributed by atoms with Crippen LogP contribution in [0.3, 0.4) is 0 Å². The van der Waals surface area contributed by atoms with Gasteiger partial charge in [0.25, 0.3) is 5.89 Å². The predicted octanol–water partition coefficient (Wildman–Crippen LogP) is 3.53. The van der Waals surface area contributed by atoms with Gasteiger partial charge in [-0.15, -0.1) is 0 Å². The number of rotatable bonds is 2. The van der Waals surface area contributed by atoms with Gasteiger partial charge < -0.3 is 9.63 Å². The number of halogens is 3. The molecule has 0 saturated heterocycles. The second-order valence-corrected chi connectivity index (χ2v) is 4.21. The molecule has 0 fully saturated rings. The molecule has 106 valence electrons. The van der Waals surface area contributed by atoms with Crippen LogP contribution in [0, 0.1) is 17.5 Å². The highest BCUT2D eigenvalue weighted by atomic mass is 19.2. The van der Waals surface area contributed by atoms with Crippen molar-refractivity contribution in [2.24, 2.45) is 0 Å². The summed E-state index contributed by atoms with van der Waals surface area (Å²) in [6.07, 6.45) is 0. The highest BCUT2D eigenvalue weighted by Crippen LogP contribution is 2.30. The summed E-state index contributed by atoms with van der Waals surface area (Å²) in [5.74, 6) is -3.01. The highest BCUT2D eigenvalue weighted by Gasteiger charge is 2.16. The number of hydrogen-bond acceptors (Lipinski definition) is 4. The Labute approximate surface area is 116 Å². The zero-order chi connectivity index (χ0) is 15.0. The van der Waals surface area contributed by atoms with Gasteiger partial charge in [-0.2, -0.15) is 4.98 Å². The van der Waals surface area contributed by atoms with E-state index in [2.05, 4.69) is 10.1 Å². The van der Waals surface area contributed by atoms with Gasteiger partial charge in [-0.3, -0.25) is 0 Å². The summed E-state index contributed by atoms with van der Waals surface area (Å²) in [6.45, 7) is 0. The Hall–Kier alpha value is -2.83. The fraction of sp³-hybridized carbons (Fsp3) is 0. The van der Waals surface area contributed by atoms with Crippen LogP contribution in [-0.4, -0.2) is 15.2 Å². The van der Waals surface area contributed by atoms with Crippen molar-refractivity contribution in [3.63, 3.8) is 0 Å². The van der Waals surface area contributed by atoms with Gasteiger partial charge in [-0.05, 0) is 36.4 Å². The van der Waals surface area contributed by atoms with E-state index >= 15 is 0 Å². The van der Waals surface area contributed by atoms with E-state index in [1.807, 2.05) is 0 Å². The molecule has 1 heterocycles. The maximum atomic E-state index is 13.2. The van der Waals surface area contributed by atoms with E-state index in [9.17, 15) is 18.3 Å². The van der Waals surface area contributed by atoms with Crippen LogP contribution in [0.1, 0.15) is 0 Å². The van der Waals surface area contributed by atoms with Crippen LogP contribution >= 0.6 is 0 Å². The lowest BCUT2D eigenvalue weighted by atomic mass is 10.2. The van der Waals surface area contributed by atoms with Crippen molar-refractivity contribution in [3.05, 3.63) is 53.8 Å². The molecule has 0 unspecified atom stereocenters. The van der Waals surface area contributed by atoms with Crippen LogP contribution in [0.25, 0.3) is 22.8 Å². The molecule has 1 N–H and O–H groups in total. The van der Waals surface area contributed by atoms with E-state index < -0.39 is 17.5 Å². The van der Waals surface area contributed by atoms with Crippen molar-refractivity contribution < 1.29 is 22.8 Å². The van der Waals surface area contributed by atoms with Gasteiger partial charge in [0, 0.05) is 5.56 Å². The van der Waals surface area contributed by atoms with Crippen molar-refractivity contribution >= 4 is 0 Å². The Morgan fingerprint density at radius 2 is 1.76 bits per heavy atom. The lowest BCUT2D eigenvalue weighted by Gasteiger charge is -1.98. The van der Waals surface area contributed by atoms with Crippen LogP contribution < -0.4 is 0 Å². The highest BCUT2D eigenvalue weighted by molar-refractivity contribution is 5.64. The largest absolute Gasteiger partial charge is 0.507 e. The first kappa shape index (κ1) is 13.2. The molecule has 1 aromatic heterocycles.